The van der Waals surface area contributed by atoms with E-state index in [1.807, 2.05) is 13.8 Å². The van der Waals surface area contributed by atoms with Crippen molar-refractivity contribution < 1.29 is 9.59 Å². The van der Waals surface area contributed by atoms with Gasteiger partial charge in [-0.3, -0.25) is 9.59 Å². The second-order valence-electron chi connectivity index (χ2n) is 6.23. The van der Waals surface area contributed by atoms with Gasteiger partial charge >= 0.3 is 0 Å². The number of piperazine rings is 1. The van der Waals surface area contributed by atoms with E-state index in [1.54, 1.807) is 4.90 Å². The highest BCUT2D eigenvalue weighted by atomic mass is 16.2. The van der Waals surface area contributed by atoms with Crippen LogP contribution in [0.3, 0.4) is 0 Å². The average molecular weight is 282 g/mol. The molecule has 0 bridgehead atoms. The van der Waals surface area contributed by atoms with E-state index >= 15 is 0 Å². The predicted octanol–water partition coefficient (Wildman–Crippen LogP) is 2.86. The number of carbonyl (C=O) groups excluding carboxylic acids is 2. The van der Waals surface area contributed by atoms with Gasteiger partial charge < -0.3 is 10.2 Å². The Labute approximate surface area is 123 Å². The summed E-state index contributed by atoms with van der Waals surface area (Å²) in [7, 11) is 0. The molecule has 0 spiro atoms. The first kappa shape index (κ1) is 17.0. The van der Waals surface area contributed by atoms with Gasteiger partial charge in [-0.15, -0.1) is 0 Å². The van der Waals surface area contributed by atoms with Gasteiger partial charge in [-0.05, 0) is 20.3 Å². The molecule has 0 aromatic rings. The van der Waals surface area contributed by atoms with Crippen LogP contribution in [0.4, 0.5) is 0 Å². The summed E-state index contributed by atoms with van der Waals surface area (Å²) in [6.45, 7) is 7.07. The van der Waals surface area contributed by atoms with Crippen LogP contribution in [0.15, 0.2) is 0 Å². The molecule has 20 heavy (non-hydrogen) atoms. The molecule has 0 aromatic heterocycles. The van der Waals surface area contributed by atoms with Crippen molar-refractivity contribution in [1.29, 1.82) is 0 Å². The molecule has 0 unspecified atom stereocenters. The van der Waals surface area contributed by atoms with Gasteiger partial charge in [-0.25, -0.2) is 0 Å². The number of amides is 2. The van der Waals surface area contributed by atoms with E-state index < -0.39 is 5.54 Å². The maximum Gasteiger partial charge on any atom is 0.245 e. The van der Waals surface area contributed by atoms with Crippen molar-refractivity contribution in [2.45, 2.75) is 77.7 Å². The number of rotatable bonds is 8. The average Bonchev–Trinajstić information content (AvgIpc) is 2.40. The summed E-state index contributed by atoms with van der Waals surface area (Å²) in [5.41, 5.74) is -0.698. The molecule has 4 nitrogen and oxygen atoms in total. The van der Waals surface area contributed by atoms with Crippen LogP contribution in [0, 0.1) is 0 Å². The summed E-state index contributed by atoms with van der Waals surface area (Å²) >= 11 is 0. The van der Waals surface area contributed by atoms with Gasteiger partial charge in [0.15, 0.2) is 0 Å². The molecule has 1 rings (SSSR count). The third kappa shape index (κ3) is 4.80. The predicted molar refractivity (Wildman–Crippen MR) is 81.4 cm³/mol. The molecule has 4 heteroatoms. The molecule has 0 radical (unpaired) electrons. The van der Waals surface area contributed by atoms with E-state index in [1.165, 1.54) is 32.1 Å². The van der Waals surface area contributed by atoms with Gasteiger partial charge in [0.2, 0.25) is 11.8 Å². The summed E-state index contributed by atoms with van der Waals surface area (Å²) in [4.78, 5) is 25.8. The summed E-state index contributed by atoms with van der Waals surface area (Å²) in [6.07, 6.45) is 9.03. The van der Waals surface area contributed by atoms with E-state index in [-0.39, 0.29) is 11.8 Å². The molecule has 1 aliphatic heterocycles. The largest absolute Gasteiger partial charge is 0.352 e. The smallest absolute Gasteiger partial charge is 0.245 e. The Morgan fingerprint density at radius 1 is 1.15 bits per heavy atom. The van der Waals surface area contributed by atoms with Crippen molar-refractivity contribution in [1.82, 2.24) is 10.2 Å². The Kier molecular flexibility index (Phi) is 7.03. The first-order valence-electron chi connectivity index (χ1n) is 8.09. The van der Waals surface area contributed by atoms with Gasteiger partial charge in [-0.1, -0.05) is 45.4 Å². The third-order valence-corrected chi connectivity index (χ3v) is 4.15. The monoisotopic (exact) mass is 282 g/mol. The Bertz CT molecular complexity index is 326. The van der Waals surface area contributed by atoms with Crippen molar-refractivity contribution in [3.05, 3.63) is 0 Å². The van der Waals surface area contributed by atoms with Crippen LogP contribution >= 0.6 is 0 Å². The number of hydrogen-bond donors (Lipinski definition) is 1. The fraction of sp³-hybridized carbons (Fsp3) is 0.875. The van der Waals surface area contributed by atoms with Gasteiger partial charge in [0.25, 0.3) is 0 Å². The highest BCUT2D eigenvalue weighted by molar-refractivity contribution is 5.91. The van der Waals surface area contributed by atoms with Crippen LogP contribution < -0.4 is 5.32 Å². The van der Waals surface area contributed by atoms with Crippen molar-refractivity contribution >= 4 is 11.8 Å². The van der Waals surface area contributed by atoms with Crippen molar-refractivity contribution in [2.75, 3.05) is 13.1 Å². The SMILES string of the molecule is CCCCCCCCCC(=O)N1CCNC(=O)C1(C)C. The van der Waals surface area contributed by atoms with Crippen molar-refractivity contribution in [3.63, 3.8) is 0 Å². The molecule has 0 aromatic carbocycles. The number of unbranched alkanes of at least 4 members (excludes halogenated alkanes) is 6. The lowest BCUT2D eigenvalue weighted by molar-refractivity contribution is -0.149. The Hall–Kier alpha value is -1.06. The molecule has 2 amide bonds. The molecule has 1 aliphatic rings. The van der Waals surface area contributed by atoms with E-state index in [9.17, 15) is 9.59 Å². The second-order valence-corrected chi connectivity index (χ2v) is 6.23. The lowest BCUT2D eigenvalue weighted by Crippen LogP contribution is -2.63. The first-order chi connectivity index (χ1) is 9.50. The maximum absolute atomic E-state index is 12.2. The summed E-state index contributed by atoms with van der Waals surface area (Å²) in [5, 5.41) is 2.82. The topological polar surface area (TPSA) is 49.4 Å². The molecule has 1 saturated heterocycles. The lowest BCUT2D eigenvalue weighted by Gasteiger charge is -2.41. The van der Waals surface area contributed by atoms with Crippen LogP contribution in [0.5, 0.6) is 0 Å². The number of carbonyl (C=O) groups is 2. The third-order valence-electron chi connectivity index (χ3n) is 4.15. The fourth-order valence-electron chi connectivity index (χ4n) is 2.70. The quantitative estimate of drug-likeness (QED) is 0.696. The lowest BCUT2D eigenvalue weighted by atomic mass is 9.98. The van der Waals surface area contributed by atoms with Crippen molar-refractivity contribution in [3.8, 4) is 0 Å². The van der Waals surface area contributed by atoms with Gasteiger partial charge in [0.05, 0.1) is 0 Å². The van der Waals surface area contributed by atoms with Crippen molar-refractivity contribution in [2.24, 2.45) is 0 Å². The zero-order valence-corrected chi connectivity index (χ0v) is 13.3. The van der Waals surface area contributed by atoms with Gasteiger partial charge in [0, 0.05) is 19.5 Å². The maximum atomic E-state index is 12.2. The number of nitrogens with one attached hydrogen (secondary N) is 1. The number of nitrogens with zero attached hydrogens (tertiary/aromatic N) is 1. The zero-order valence-electron chi connectivity index (χ0n) is 13.3. The minimum absolute atomic E-state index is 0.0448. The molecular formula is C16H30N2O2. The molecule has 0 aliphatic carbocycles. The van der Waals surface area contributed by atoms with Crippen LogP contribution in [0.2, 0.25) is 0 Å². The normalized spacial score (nSPS) is 17.9. The molecule has 1 N–H and O–H groups in total. The van der Waals surface area contributed by atoms with E-state index in [0.717, 1.165) is 12.8 Å². The Morgan fingerprint density at radius 2 is 1.75 bits per heavy atom. The molecular weight excluding hydrogens is 252 g/mol. The first-order valence-corrected chi connectivity index (χ1v) is 8.09. The standard InChI is InChI=1S/C16H30N2O2/c1-4-5-6-7-8-9-10-11-14(19)18-13-12-17-15(20)16(18,2)3/h4-13H2,1-3H3,(H,17,20). The molecule has 0 atom stereocenters. The molecule has 0 saturated carbocycles. The van der Waals surface area contributed by atoms with E-state index in [0.29, 0.717) is 19.5 Å². The minimum Gasteiger partial charge on any atom is -0.352 e. The fourth-order valence-corrected chi connectivity index (χ4v) is 2.70. The Balaban J connectivity index is 2.23. The Morgan fingerprint density at radius 3 is 2.40 bits per heavy atom. The summed E-state index contributed by atoms with van der Waals surface area (Å²) < 4.78 is 0. The molecule has 1 fully saturated rings. The second kappa shape index (κ2) is 8.28. The number of hydrogen-bond acceptors (Lipinski definition) is 2. The van der Waals surface area contributed by atoms with Gasteiger partial charge in [0.1, 0.15) is 5.54 Å². The van der Waals surface area contributed by atoms with Crippen LogP contribution in [-0.2, 0) is 9.59 Å². The zero-order chi connectivity index (χ0) is 15.0. The van der Waals surface area contributed by atoms with Crippen LogP contribution in [0.1, 0.15) is 72.1 Å². The molecule has 116 valence electrons. The summed E-state index contributed by atoms with van der Waals surface area (Å²) in [6, 6.07) is 0. The van der Waals surface area contributed by atoms with E-state index in [2.05, 4.69) is 12.2 Å². The highest BCUT2D eigenvalue weighted by Crippen LogP contribution is 2.19. The molecule has 1 heterocycles. The van der Waals surface area contributed by atoms with Gasteiger partial charge in [-0.2, -0.15) is 0 Å². The van der Waals surface area contributed by atoms with Crippen LogP contribution in [0.25, 0.3) is 0 Å². The van der Waals surface area contributed by atoms with E-state index in [4.69, 9.17) is 0 Å². The summed E-state index contributed by atoms with van der Waals surface area (Å²) in [5.74, 6) is 0.0788. The highest BCUT2D eigenvalue weighted by Gasteiger charge is 2.39. The minimum atomic E-state index is -0.698. The van der Waals surface area contributed by atoms with Crippen LogP contribution in [-0.4, -0.2) is 35.3 Å².